The number of ketones is 1. The van der Waals surface area contributed by atoms with E-state index < -0.39 is 0 Å². The molecule has 4 rings (SSSR count). The van der Waals surface area contributed by atoms with Gasteiger partial charge in [0.05, 0.1) is 11.1 Å². The van der Waals surface area contributed by atoms with Crippen LogP contribution in [-0.2, 0) is 6.54 Å². The molecule has 0 atom stereocenters. The summed E-state index contributed by atoms with van der Waals surface area (Å²) in [6, 6.07) is 11.5. The van der Waals surface area contributed by atoms with Crippen molar-refractivity contribution in [2.75, 3.05) is 13.3 Å². The second-order valence-corrected chi connectivity index (χ2v) is 8.00. The molecule has 5 heteroatoms. The highest BCUT2D eigenvalue weighted by atomic mass is 79.9. The van der Waals surface area contributed by atoms with Crippen LogP contribution in [0.3, 0.4) is 0 Å². The van der Waals surface area contributed by atoms with Gasteiger partial charge in [0.25, 0.3) is 0 Å². The molecule has 0 aromatic heterocycles. The quantitative estimate of drug-likeness (QED) is 0.672. The van der Waals surface area contributed by atoms with Crippen LogP contribution in [0.15, 0.2) is 46.6 Å². The Hall–Kier alpha value is -2.11. The summed E-state index contributed by atoms with van der Waals surface area (Å²) in [6.45, 7) is 6.61. The van der Waals surface area contributed by atoms with Gasteiger partial charge < -0.3 is 9.47 Å². The highest BCUT2D eigenvalue weighted by molar-refractivity contribution is 9.10. The third kappa shape index (κ3) is 3.29. The number of allylic oxidation sites excluding steroid dienone is 1. The van der Waals surface area contributed by atoms with Crippen molar-refractivity contribution in [1.29, 1.82) is 0 Å². The van der Waals surface area contributed by atoms with Crippen LogP contribution >= 0.6 is 15.9 Å². The zero-order chi connectivity index (χ0) is 18.3. The second kappa shape index (κ2) is 6.89. The maximum atomic E-state index is 12.8. The van der Waals surface area contributed by atoms with Crippen molar-refractivity contribution in [3.05, 3.63) is 63.3 Å². The smallest absolute Gasteiger partial charge is 0.231 e. The Bertz CT molecular complexity index is 887. The van der Waals surface area contributed by atoms with Crippen LogP contribution in [0.4, 0.5) is 0 Å². The Morgan fingerprint density at radius 3 is 2.69 bits per heavy atom. The van der Waals surface area contributed by atoms with Crippen molar-refractivity contribution < 1.29 is 14.3 Å². The van der Waals surface area contributed by atoms with Crippen LogP contribution in [0.2, 0.25) is 0 Å². The molecule has 134 valence electrons. The maximum Gasteiger partial charge on any atom is 0.231 e. The fraction of sp³-hybridized carbons (Fsp3) is 0.286. The van der Waals surface area contributed by atoms with Crippen LogP contribution in [-0.4, -0.2) is 24.0 Å². The Morgan fingerprint density at radius 2 is 1.96 bits per heavy atom. The molecule has 0 saturated heterocycles. The van der Waals surface area contributed by atoms with Gasteiger partial charge in [-0.05, 0) is 41.8 Å². The van der Waals surface area contributed by atoms with Gasteiger partial charge in [0, 0.05) is 17.6 Å². The summed E-state index contributed by atoms with van der Waals surface area (Å²) in [5.74, 6) is 2.28. The molecule has 2 aromatic carbocycles. The summed E-state index contributed by atoms with van der Waals surface area (Å²) < 4.78 is 12.9. The number of carbonyl (C=O) groups excluding carboxylic acids is 1. The summed E-state index contributed by atoms with van der Waals surface area (Å²) in [4.78, 5) is 15.0. The van der Waals surface area contributed by atoms with E-state index in [0.717, 1.165) is 34.4 Å². The normalized spacial score (nSPS) is 17.8. The summed E-state index contributed by atoms with van der Waals surface area (Å²) in [7, 11) is 0. The topological polar surface area (TPSA) is 38.8 Å². The largest absolute Gasteiger partial charge is 0.478 e. The van der Waals surface area contributed by atoms with Gasteiger partial charge in [-0.15, -0.1) is 0 Å². The van der Waals surface area contributed by atoms with Crippen molar-refractivity contribution in [1.82, 2.24) is 4.90 Å². The minimum Gasteiger partial charge on any atom is -0.478 e. The second-order valence-electron chi connectivity index (χ2n) is 7.09. The van der Waals surface area contributed by atoms with E-state index in [2.05, 4.69) is 34.7 Å². The number of carbonyl (C=O) groups is 1. The molecule has 4 nitrogen and oxygen atoms in total. The summed E-state index contributed by atoms with van der Waals surface area (Å²) in [6.07, 6.45) is 1.79. The van der Waals surface area contributed by atoms with Crippen molar-refractivity contribution >= 4 is 27.8 Å². The Balaban J connectivity index is 1.65. The molecule has 0 bridgehead atoms. The number of hydrogen-bond donors (Lipinski definition) is 0. The van der Waals surface area contributed by atoms with E-state index >= 15 is 0 Å². The average Bonchev–Trinajstić information content (AvgIpc) is 2.93. The van der Waals surface area contributed by atoms with E-state index in [9.17, 15) is 4.79 Å². The van der Waals surface area contributed by atoms with Crippen LogP contribution < -0.4 is 9.47 Å². The van der Waals surface area contributed by atoms with E-state index in [0.29, 0.717) is 29.7 Å². The van der Waals surface area contributed by atoms with Gasteiger partial charge >= 0.3 is 0 Å². The number of nitrogens with zero attached hydrogens (tertiary/aromatic N) is 1. The summed E-state index contributed by atoms with van der Waals surface area (Å²) in [5, 5.41) is 0. The van der Waals surface area contributed by atoms with Crippen molar-refractivity contribution in [2.45, 2.75) is 20.4 Å². The molecule has 0 unspecified atom stereocenters. The fourth-order valence-electron chi connectivity index (χ4n) is 3.35. The summed E-state index contributed by atoms with van der Waals surface area (Å²) >= 11 is 3.42. The SMILES string of the molecule is CC(C)CN1COc2ccc3c(c2C1)O/C(=C\c1ccc(Br)cc1)C3=O. The van der Waals surface area contributed by atoms with E-state index in [-0.39, 0.29) is 5.78 Å². The number of fused-ring (bicyclic) bond motifs is 3. The molecular weight excluding hydrogens is 394 g/mol. The summed E-state index contributed by atoms with van der Waals surface area (Å²) in [5.41, 5.74) is 2.50. The van der Waals surface area contributed by atoms with Gasteiger partial charge in [-0.25, -0.2) is 0 Å². The first-order chi connectivity index (χ1) is 12.5. The third-order valence-electron chi connectivity index (χ3n) is 4.47. The average molecular weight is 414 g/mol. The maximum absolute atomic E-state index is 12.8. The number of hydrogen-bond acceptors (Lipinski definition) is 4. The minimum absolute atomic E-state index is 0.0771. The lowest BCUT2D eigenvalue weighted by Gasteiger charge is -2.30. The van der Waals surface area contributed by atoms with Gasteiger partial charge in [-0.1, -0.05) is 41.9 Å². The predicted molar refractivity (Wildman–Crippen MR) is 104 cm³/mol. The Labute approximate surface area is 161 Å². The van der Waals surface area contributed by atoms with Gasteiger partial charge in [-0.3, -0.25) is 9.69 Å². The van der Waals surface area contributed by atoms with E-state index in [4.69, 9.17) is 9.47 Å². The van der Waals surface area contributed by atoms with Gasteiger partial charge in [-0.2, -0.15) is 0 Å². The lowest BCUT2D eigenvalue weighted by molar-refractivity contribution is 0.0832. The molecule has 0 N–H and O–H groups in total. The van der Waals surface area contributed by atoms with E-state index in [1.165, 1.54) is 0 Å². The number of Topliss-reactive ketones (excluding diaryl/α,β-unsaturated/α-hetero) is 1. The zero-order valence-corrected chi connectivity index (χ0v) is 16.4. The Kier molecular flexibility index (Phi) is 4.59. The third-order valence-corrected chi connectivity index (χ3v) is 5.00. The predicted octanol–water partition coefficient (Wildman–Crippen LogP) is 4.87. The number of benzene rings is 2. The van der Waals surface area contributed by atoms with Crippen molar-refractivity contribution in [2.24, 2.45) is 5.92 Å². The van der Waals surface area contributed by atoms with Crippen molar-refractivity contribution in [3.8, 4) is 11.5 Å². The monoisotopic (exact) mass is 413 g/mol. The molecule has 2 heterocycles. The first kappa shape index (κ1) is 17.3. The van der Waals surface area contributed by atoms with Crippen LogP contribution in [0.25, 0.3) is 6.08 Å². The number of ether oxygens (including phenoxy) is 2. The molecule has 0 radical (unpaired) electrons. The zero-order valence-electron chi connectivity index (χ0n) is 14.8. The lowest BCUT2D eigenvalue weighted by Crippen LogP contribution is -2.34. The Morgan fingerprint density at radius 1 is 1.19 bits per heavy atom. The van der Waals surface area contributed by atoms with E-state index in [1.54, 1.807) is 12.1 Å². The van der Waals surface area contributed by atoms with Gasteiger partial charge in [0.15, 0.2) is 5.76 Å². The molecule has 26 heavy (non-hydrogen) atoms. The van der Waals surface area contributed by atoms with Crippen LogP contribution in [0.5, 0.6) is 11.5 Å². The lowest BCUT2D eigenvalue weighted by atomic mass is 10.0. The molecule has 2 aliphatic rings. The van der Waals surface area contributed by atoms with Gasteiger partial charge in [0.1, 0.15) is 18.2 Å². The molecule has 0 aliphatic carbocycles. The highest BCUT2D eigenvalue weighted by Crippen LogP contribution is 2.42. The first-order valence-corrected chi connectivity index (χ1v) is 9.51. The van der Waals surface area contributed by atoms with Crippen LogP contribution in [0.1, 0.15) is 35.3 Å². The number of halogens is 1. The standard InChI is InChI=1S/C21H20BrNO3/c1-13(2)10-23-11-17-18(25-12-23)8-7-16-20(24)19(26-21(16)17)9-14-3-5-15(22)6-4-14/h3-9,13H,10-12H2,1-2H3/b19-9-. The minimum atomic E-state index is -0.0771. The molecule has 0 fully saturated rings. The molecular formula is C21H20BrNO3. The first-order valence-electron chi connectivity index (χ1n) is 8.72. The van der Waals surface area contributed by atoms with Gasteiger partial charge in [0.2, 0.25) is 5.78 Å². The van der Waals surface area contributed by atoms with E-state index in [1.807, 2.05) is 30.3 Å². The number of rotatable bonds is 3. The molecule has 0 spiro atoms. The molecule has 2 aromatic rings. The molecule has 0 saturated carbocycles. The fourth-order valence-corrected chi connectivity index (χ4v) is 3.61. The molecule has 2 aliphatic heterocycles. The van der Waals surface area contributed by atoms with Crippen LogP contribution in [0, 0.1) is 5.92 Å². The van der Waals surface area contributed by atoms with Crippen molar-refractivity contribution in [3.63, 3.8) is 0 Å². The highest BCUT2D eigenvalue weighted by Gasteiger charge is 2.33. The molecule has 0 amide bonds.